The number of carboxylic acid groups (broad SMARTS) is 1. The monoisotopic (exact) mass is 296 g/mol. The molecule has 2 rings (SSSR count). The van der Waals surface area contributed by atoms with Gasteiger partial charge >= 0.3 is 5.97 Å². The molecule has 0 spiro atoms. The molecule has 22 heavy (non-hydrogen) atoms. The van der Waals surface area contributed by atoms with Crippen molar-refractivity contribution >= 4 is 17.6 Å². The highest BCUT2D eigenvalue weighted by atomic mass is 16.5. The first kappa shape index (κ1) is 15.1. The van der Waals surface area contributed by atoms with Gasteiger partial charge < -0.3 is 15.2 Å². The maximum Gasteiger partial charge on any atom is 0.336 e. The van der Waals surface area contributed by atoms with E-state index in [0.717, 1.165) is 0 Å². The predicted octanol–water partition coefficient (Wildman–Crippen LogP) is 2.52. The Balaban J connectivity index is 2.30. The van der Waals surface area contributed by atoms with E-state index >= 15 is 0 Å². The van der Waals surface area contributed by atoms with Crippen LogP contribution >= 0.6 is 0 Å². The van der Waals surface area contributed by atoms with Crippen LogP contribution in [-0.2, 0) is 0 Å². The number of nitrogens with zero attached hydrogens (tertiary/aromatic N) is 1. The summed E-state index contributed by atoms with van der Waals surface area (Å²) in [6.07, 6.45) is 0. The van der Waals surface area contributed by atoms with E-state index in [4.69, 9.17) is 15.1 Å². The van der Waals surface area contributed by atoms with Gasteiger partial charge in [0.1, 0.15) is 11.8 Å². The third kappa shape index (κ3) is 3.04. The number of carbonyl (C=O) groups excluding carboxylic acids is 1. The Morgan fingerprint density at radius 1 is 1.18 bits per heavy atom. The average molecular weight is 296 g/mol. The maximum atomic E-state index is 12.2. The summed E-state index contributed by atoms with van der Waals surface area (Å²) in [7, 11) is 1.44. The highest BCUT2D eigenvalue weighted by Crippen LogP contribution is 2.22. The zero-order valence-corrected chi connectivity index (χ0v) is 11.7. The minimum Gasteiger partial charge on any atom is -0.495 e. The summed E-state index contributed by atoms with van der Waals surface area (Å²) in [4.78, 5) is 23.3. The minimum absolute atomic E-state index is 0.0457. The van der Waals surface area contributed by atoms with Gasteiger partial charge in [-0.25, -0.2) is 4.79 Å². The standard InChI is InChI=1S/C16H12N2O4/c1-22-14-7-6-11(8-10(14)9-17)18-15(19)12-4-2-3-5-13(12)16(20)21/h2-8H,1H3,(H,18,19)(H,20,21). The van der Waals surface area contributed by atoms with E-state index < -0.39 is 11.9 Å². The largest absolute Gasteiger partial charge is 0.495 e. The Kier molecular flexibility index (Phi) is 4.39. The first-order valence-corrected chi connectivity index (χ1v) is 6.28. The highest BCUT2D eigenvalue weighted by molar-refractivity contribution is 6.10. The third-order valence-corrected chi connectivity index (χ3v) is 2.98. The van der Waals surface area contributed by atoms with Crippen molar-refractivity contribution in [3.05, 3.63) is 59.2 Å². The van der Waals surface area contributed by atoms with Crippen LogP contribution in [0.4, 0.5) is 5.69 Å². The van der Waals surface area contributed by atoms with Crippen molar-refractivity contribution in [1.29, 1.82) is 5.26 Å². The molecule has 0 radical (unpaired) electrons. The molecule has 2 aromatic carbocycles. The molecule has 110 valence electrons. The van der Waals surface area contributed by atoms with Crippen molar-refractivity contribution in [1.82, 2.24) is 0 Å². The number of nitrogens with one attached hydrogen (secondary N) is 1. The first-order valence-electron chi connectivity index (χ1n) is 6.28. The van der Waals surface area contributed by atoms with Crippen LogP contribution in [0.25, 0.3) is 0 Å². The molecule has 0 atom stereocenters. The zero-order valence-electron chi connectivity index (χ0n) is 11.7. The predicted molar refractivity (Wildman–Crippen MR) is 79.1 cm³/mol. The number of rotatable bonds is 4. The van der Waals surface area contributed by atoms with Crippen molar-refractivity contribution < 1.29 is 19.4 Å². The van der Waals surface area contributed by atoms with Gasteiger partial charge in [-0.3, -0.25) is 4.79 Å². The Labute approximate surface area is 126 Å². The lowest BCUT2D eigenvalue weighted by Gasteiger charge is -2.09. The summed E-state index contributed by atoms with van der Waals surface area (Å²) in [6, 6.07) is 12.4. The lowest BCUT2D eigenvalue weighted by atomic mass is 10.1. The summed E-state index contributed by atoms with van der Waals surface area (Å²) in [5.74, 6) is -1.35. The molecular weight excluding hydrogens is 284 g/mol. The van der Waals surface area contributed by atoms with Gasteiger partial charge in [-0.05, 0) is 30.3 Å². The number of hydrogen-bond donors (Lipinski definition) is 2. The molecule has 6 heteroatoms. The van der Waals surface area contributed by atoms with Crippen LogP contribution in [-0.4, -0.2) is 24.1 Å². The van der Waals surface area contributed by atoms with Gasteiger partial charge in [-0.15, -0.1) is 0 Å². The van der Waals surface area contributed by atoms with Crippen molar-refractivity contribution in [2.24, 2.45) is 0 Å². The van der Waals surface area contributed by atoms with Gasteiger partial charge in [-0.1, -0.05) is 12.1 Å². The maximum absolute atomic E-state index is 12.2. The van der Waals surface area contributed by atoms with Gasteiger partial charge in [-0.2, -0.15) is 5.26 Å². The number of carbonyl (C=O) groups is 2. The Morgan fingerprint density at radius 2 is 1.86 bits per heavy atom. The average Bonchev–Trinajstić information content (AvgIpc) is 2.54. The third-order valence-electron chi connectivity index (χ3n) is 2.98. The van der Waals surface area contributed by atoms with Gasteiger partial charge in [0.25, 0.3) is 5.91 Å². The van der Waals surface area contributed by atoms with E-state index in [-0.39, 0.29) is 16.7 Å². The molecule has 0 aliphatic heterocycles. The van der Waals surface area contributed by atoms with Crippen LogP contribution in [0.15, 0.2) is 42.5 Å². The van der Waals surface area contributed by atoms with Crippen LogP contribution < -0.4 is 10.1 Å². The quantitative estimate of drug-likeness (QED) is 0.903. The number of carboxylic acids is 1. The summed E-state index contributed by atoms with van der Waals surface area (Å²) < 4.78 is 5.02. The molecule has 0 fully saturated rings. The van der Waals surface area contributed by atoms with E-state index in [2.05, 4.69) is 5.32 Å². The number of hydrogen-bond acceptors (Lipinski definition) is 4. The van der Waals surface area contributed by atoms with Gasteiger partial charge in [0, 0.05) is 5.69 Å². The molecule has 0 aliphatic carbocycles. The number of nitriles is 1. The summed E-state index contributed by atoms with van der Waals surface area (Å²) >= 11 is 0. The fraction of sp³-hybridized carbons (Fsp3) is 0.0625. The molecule has 6 nitrogen and oxygen atoms in total. The smallest absolute Gasteiger partial charge is 0.336 e. The van der Waals surface area contributed by atoms with Crippen molar-refractivity contribution in [2.75, 3.05) is 12.4 Å². The SMILES string of the molecule is COc1ccc(NC(=O)c2ccccc2C(=O)O)cc1C#N. The van der Waals surface area contributed by atoms with Crippen molar-refractivity contribution in [3.8, 4) is 11.8 Å². The molecule has 1 amide bonds. The topological polar surface area (TPSA) is 99.4 Å². The van der Waals surface area contributed by atoms with E-state index in [1.165, 1.54) is 25.3 Å². The summed E-state index contributed by atoms with van der Waals surface area (Å²) in [5.41, 5.74) is 0.604. The summed E-state index contributed by atoms with van der Waals surface area (Å²) in [5, 5.41) is 20.7. The van der Waals surface area contributed by atoms with E-state index in [9.17, 15) is 9.59 Å². The van der Waals surface area contributed by atoms with E-state index in [1.807, 2.05) is 6.07 Å². The minimum atomic E-state index is -1.18. The second-order valence-electron chi connectivity index (χ2n) is 4.33. The lowest BCUT2D eigenvalue weighted by molar-refractivity contribution is 0.0692. The second kappa shape index (κ2) is 6.41. The molecule has 0 aromatic heterocycles. The lowest BCUT2D eigenvalue weighted by Crippen LogP contribution is -2.16. The molecule has 0 aliphatic rings. The number of methoxy groups -OCH3 is 1. The van der Waals surface area contributed by atoms with Crippen molar-refractivity contribution in [3.63, 3.8) is 0 Å². The molecule has 0 bridgehead atoms. The Hall–Kier alpha value is -3.33. The van der Waals surface area contributed by atoms with Gasteiger partial charge in [0.05, 0.1) is 23.8 Å². The van der Waals surface area contributed by atoms with Crippen LogP contribution in [0.1, 0.15) is 26.3 Å². The fourth-order valence-corrected chi connectivity index (χ4v) is 1.94. The van der Waals surface area contributed by atoms with Crippen LogP contribution in [0.5, 0.6) is 5.75 Å². The van der Waals surface area contributed by atoms with Crippen LogP contribution in [0, 0.1) is 11.3 Å². The number of anilines is 1. The first-order chi connectivity index (χ1) is 10.6. The number of amides is 1. The molecule has 2 aromatic rings. The molecule has 2 N–H and O–H groups in total. The molecule has 0 saturated carbocycles. The van der Waals surface area contributed by atoms with E-state index in [1.54, 1.807) is 24.3 Å². The second-order valence-corrected chi connectivity index (χ2v) is 4.33. The van der Waals surface area contributed by atoms with E-state index in [0.29, 0.717) is 11.4 Å². The Morgan fingerprint density at radius 3 is 2.45 bits per heavy atom. The molecule has 0 unspecified atom stereocenters. The van der Waals surface area contributed by atoms with Gasteiger partial charge in [0.15, 0.2) is 0 Å². The number of ether oxygens (including phenoxy) is 1. The number of aromatic carboxylic acids is 1. The molecule has 0 saturated heterocycles. The number of benzene rings is 2. The zero-order chi connectivity index (χ0) is 16.1. The highest BCUT2D eigenvalue weighted by Gasteiger charge is 2.16. The van der Waals surface area contributed by atoms with Crippen LogP contribution in [0.2, 0.25) is 0 Å². The molecule has 0 heterocycles. The molecular formula is C16H12N2O4. The van der Waals surface area contributed by atoms with Crippen molar-refractivity contribution in [2.45, 2.75) is 0 Å². The van der Waals surface area contributed by atoms with Crippen LogP contribution in [0.3, 0.4) is 0 Å². The normalized spacial score (nSPS) is 9.64. The van der Waals surface area contributed by atoms with Gasteiger partial charge in [0.2, 0.25) is 0 Å². The Bertz CT molecular complexity index is 778. The summed E-state index contributed by atoms with van der Waals surface area (Å²) in [6.45, 7) is 0. The fourth-order valence-electron chi connectivity index (χ4n) is 1.94.